The largest absolute Gasteiger partial charge is 0.490 e. The lowest BCUT2D eigenvalue weighted by Gasteiger charge is -2.29. The summed E-state index contributed by atoms with van der Waals surface area (Å²) in [6.07, 6.45) is -1.05. The van der Waals surface area contributed by atoms with E-state index in [9.17, 15) is 27.6 Å². The Morgan fingerprint density at radius 3 is 2.72 bits per heavy atom. The molecule has 4 heterocycles. The number of rotatable bonds is 4. The van der Waals surface area contributed by atoms with Crippen molar-refractivity contribution < 1.29 is 32.3 Å². The van der Waals surface area contributed by atoms with Crippen LogP contribution < -0.4 is 10.2 Å². The molecule has 36 heavy (non-hydrogen) atoms. The lowest BCUT2D eigenvalue weighted by atomic mass is 9.98. The van der Waals surface area contributed by atoms with E-state index in [-0.39, 0.29) is 12.5 Å². The number of alkyl halides is 3. The molecular formula is C25H19F3N4O4. The van der Waals surface area contributed by atoms with Crippen LogP contribution in [0.3, 0.4) is 0 Å². The van der Waals surface area contributed by atoms with Gasteiger partial charge >= 0.3 is 12.1 Å². The first-order chi connectivity index (χ1) is 17.2. The highest BCUT2D eigenvalue weighted by molar-refractivity contribution is 6.04. The second-order valence-corrected chi connectivity index (χ2v) is 8.29. The third kappa shape index (κ3) is 4.47. The number of nitrogens with one attached hydrogen (secondary N) is 2. The van der Waals surface area contributed by atoms with Gasteiger partial charge in [0.1, 0.15) is 0 Å². The van der Waals surface area contributed by atoms with Crippen molar-refractivity contribution in [2.75, 3.05) is 24.6 Å². The van der Waals surface area contributed by atoms with E-state index in [0.29, 0.717) is 41.0 Å². The Kier molecular flexibility index (Phi) is 5.83. The Labute approximate surface area is 202 Å². The van der Waals surface area contributed by atoms with Gasteiger partial charge in [0.05, 0.1) is 23.5 Å². The van der Waals surface area contributed by atoms with Crippen LogP contribution in [0.25, 0.3) is 22.9 Å². The Balaban J connectivity index is 1.43. The van der Waals surface area contributed by atoms with E-state index in [1.54, 1.807) is 48.7 Å². The fourth-order valence-electron chi connectivity index (χ4n) is 4.23. The maximum atomic E-state index is 12.8. The molecule has 0 spiro atoms. The summed E-state index contributed by atoms with van der Waals surface area (Å²) in [6, 6.07) is 12.3. The molecule has 2 aliphatic heterocycles. The van der Waals surface area contributed by atoms with E-state index in [4.69, 9.17) is 0 Å². The van der Waals surface area contributed by atoms with Crippen molar-refractivity contribution >= 4 is 35.1 Å². The number of nitrogens with zero attached hydrogens (tertiary/aromatic N) is 2. The van der Waals surface area contributed by atoms with Crippen LogP contribution in [-0.2, 0) is 20.7 Å². The highest BCUT2D eigenvalue weighted by Crippen LogP contribution is 2.34. The minimum absolute atomic E-state index is 0.0134. The van der Waals surface area contributed by atoms with Crippen LogP contribution in [0.2, 0.25) is 0 Å². The topological polar surface area (TPSA) is 104 Å². The monoisotopic (exact) mass is 496 g/mol. The van der Waals surface area contributed by atoms with Gasteiger partial charge in [-0.1, -0.05) is 18.2 Å². The lowest BCUT2D eigenvalue weighted by Crippen LogP contribution is -2.39. The number of aromatic nitrogens is 2. The first kappa shape index (κ1) is 23.3. The van der Waals surface area contributed by atoms with E-state index in [2.05, 4.69) is 20.0 Å². The molecule has 0 fully saturated rings. The number of aromatic amines is 1. The average Bonchev–Trinajstić information content (AvgIpc) is 3.32. The molecule has 0 unspecified atom stereocenters. The number of fused-ring (bicyclic) bond motifs is 2. The Bertz CT molecular complexity index is 1410. The van der Waals surface area contributed by atoms with Gasteiger partial charge in [-0.05, 0) is 41.5 Å². The number of hydrogen-bond acceptors (Lipinski definition) is 5. The number of halogens is 3. The first-order valence-electron chi connectivity index (χ1n) is 11.0. The summed E-state index contributed by atoms with van der Waals surface area (Å²) in [5.74, 6) is -3.36. The van der Waals surface area contributed by atoms with Crippen LogP contribution in [0, 0.1) is 0 Å². The van der Waals surface area contributed by atoms with Crippen molar-refractivity contribution in [3.8, 4) is 11.3 Å². The number of esters is 1. The van der Waals surface area contributed by atoms with Crippen LogP contribution in [-0.4, -0.2) is 53.6 Å². The molecule has 184 valence electrons. The summed E-state index contributed by atoms with van der Waals surface area (Å²) < 4.78 is 41.7. The fourth-order valence-corrected chi connectivity index (χ4v) is 4.23. The maximum Gasteiger partial charge on any atom is 0.490 e. The molecule has 0 saturated heterocycles. The Morgan fingerprint density at radius 2 is 1.94 bits per heavy atom. The van der Waals surface area contributed by atoms with E-state index in [0.717, 1.165) is 17.0 Å². The minimum atomic E-state index is -5.19. The standard InChI is InChI=1S/C25H19F3N4O4/c26-25(27,28)24(35)36-13-22(33)32-12-16(9-15-3-1-2-4-21(15)32)19-10-14(5-7-29-19)20-11-17-18(31-20)6-8-30-23(17)34/h1-5,7,9-11,31H,6,8,12-13H2,(H,30,34). The summed E-state index contributed by atoms with van der Waals surface area (Å²) >= 11 is 0. The van der Waals surface area contributed by atoms with Gasteiger partial charge in [-0.3, -0.25) is 14.6 Å². The van der Waals surface area contributed by atoms with Crippen LogP contribution in [0.1, 0.15) is 27.3 Å². The molecule has 0 aliphatic carbocycles. The van der Waals surface area contributed by atoms with Gasteiger partial charge in [0.25, 0.3) is 11.8 Å². The molecule has 2 N–H and O–H groups in total. The minimum Gasteiger partial charge on any atom is -0.449 e. The predicted octanol–water partition coefficient (Wildman–Crippen LogP) is 3.36. The molecule has 2 amide bonds. The quantitative estimate of drug-likeness (QED) is 0.539. The number of para-hydroxylation sites is 1. The van der Waals surface area contributed by atoms with Gasteiger partial charge in [0.2, 0.25) is 0 Å². The van der Waals surface area contributed by atoms with Crippen molar-refractivity contribution in [1.29, 1.82) is 0 Å². The molecule has 1 aromatic carbocycles. The zero-order valence-corrected chi connectivity index (χ0v) is 18.7. The van der Waals surface area contributed by atoms with Crippen LogP contribution in [0.4, 0.5) is 18.9 Å². The molecule has 0 bridgehead atoms. The van der Waals surface area contributed by atoms with Crippen molar-refractivity contribution in [3.05, 3.63) is 71.2 Å². The number of amides is 2. The van der Waals surface area contributed by atoms with Gasteiger partial charge in [-0.2, -0.15) is 13.2 Å². The predicted molar refractivity (Wildman–Crippen MR) is 124 cm³/mol. The molecule has 0 atom stereocenters. The molecule has 8 nitrogen and oxygen atoms in total. The average molecular weight is 496 g/mol. The fraction of sp³-hybridized carbons (Fsp3) is 0.200. The number of carbonyl (C=O) groups excluding carboxylic acids is 3. The molecule has 0 saturated carbocycles. The number of carbonyl (C=O) groups is 3. The number of pyridine rings is 1. The number of H-pyrrole nitrogens is 1. The van der Waals surface area contributed by atoms with Crippen molar-refractivity contribution in [3.63, 3.8) is 0 Å². The normalized spacial score (nSPS) is 14.9. The van der Waals surface area contributed by atoms with E-state index < -0.39 is 24.7 Å². The number of ether oxygens (including phenoxy) is 1. The third-order valence-corrected chi connectivity index (χ3v) is 5.95. The van der Waals surface area contributed by atoms with Gasteiger partial charge in [0, 0.05) is 36.1 Å². The second kappa shape index (κ2) is 8.99. The zero-order valence-electron chi connectivity index (χ0n) is 18.7. The number of hydrogen-bond donors (Lipinski definition) is 2. The van der Waals surface area contributed by atoms with Crippen molar-refractivity contribution in [1.82, 2.24) is 15.3 Å². The highest BCUT2D eigenvalue weighted by Gasteiger charge is 2.41. The SMILES string of the molecule is O=C1NCCc2[nH]c(-c3ccnc(C4=Cc5ccccc5N(C(=O)COC(=O)C(F)(F)F)C4)c3)cc21. The summed E-state index contributed by atoms with van der Waals surface area (Å²) in [5, 5.41) is 2.80. The second-order valence-electron chi connectivity index (χ2n) is 8.29. The summed E-state index contributed by atoms with van der Waals surface area (Å²) in [4.78, 5) is 45.0. The highest BCUT2D eigenvalue weighted by atomic mass is 19.4. The van der Waals surface area contributed by atoms with Gasteiger partial charge in [0.15, 0.2) is 6.61 Å². The van der Waals surface area contributed by atoms with Crippen molar-refractivity contribution in [2.45, 2.75) is 12.6 Å². The van der Waals surface area contributed by atoms with Crippen molar-refractivity contribution in [2.24, 2.45) is 0 Å². The molecule has 2 aliphatic rings. The van der Waals surface area contributed by atoms with Crippen LogP contribution in [0.15, 0.2) is 48.7 Å². The summed E-state index contributed by atoms with van der Waals surface area (Å²) in [6.45, 7) is -0.481. The van der Waals surface area contributed by atoms with E-state index in [1.807, 2.05) is 6.08 Å². The van der Waals surface area contributed by atoms with Gasteiger partial charge in [-0.15, -0.1) is 0 Å². The Hall–Kier alpha value is -4.41. The maximum absolute atomic E-state index is 12.8. The van der Waals surface area contributed by atoms with E-state index in [1.165, 1.54) is 4.90 Å². The smallest absolute Gasteiger partial charge is 0.449 e. The molecule has 2 aromatic heterocycles. The molecule has 3 aromatic rings. The Morgan fingerprint density at radius 1 is 1.14 bits per heavy atom. The zero-order chi connectivity index (χ0) is 25.4. The molecular weight excluding hydrogens is 477 g/mol. The molecule has 11 heteroatoms. The number of benzene rings is 1. The lowest BCUT2D eigenvalue weighted by molar-refractivity contribution is -0.199. The number of anilines is 1. The molecule has 5 rings (SSSR count). The van der Waals surface area contributed by atoms with Gasteiger partial charge < -0.3 is 19.9 Å². The van der Waals surface area contributed by atoms with Gasteiger partial charge in [-0.25, -0.2) is 4.79 Å². The summed E-state index contributed by atoms with van der Waals surface area (Å²) in [5.41, 5.74) is 5.28. The van der Waals surface area contributed by atoms with E-state index >= 15 is 0 Å². The van der Waals surface area contributed by atoms with Crippen LogP contribution in [0.5, 0.6) is 0 Å². The summed E-state index contributed by atoms with van der Waals surface area (Å²) in [7, 11) is 0. The van der Waals surface area contributed by atoms with Crippen LogP contribution >= 0.6 is 0 Å². The molecule has 0 radical (unpaired) electrons. The third-order valence-electron chi connectivity index (χ3n) is 5.95. The first-order valence-corrected chi connectivity index (χ1v) is 11.0.